The SMILES string of the molecule is CC(OC(=O)Nc1c(F)noc1-c1ccc(OCC(Cc2ccccc2)C(=O)O)nc1)c1ccccc1. The minimum Gasteiger partial charge on any atom is -0.481 e. The molecule has 0 aliphatic heterocycles. The third kappa shape index (κ3) is 6.69. The van der Waals surface area contributed by atoms with Gasteiger partial charge in [-0.25, -0.2) is 9.78 Å². The van der Waals surface area contributed by atoms with Gasteiger partial charge in [-0.2, -0.15) is 4.39 Å². The van der Waals surface area contributed by atoms with Crippen LogP contribution in [0.4, 0.5) is 14.9 Å². The highest BCUT2D eigenvalue weighted by Crippen LogP contribution is 2.31. The van der Waals surface area contributed by atoms with E-state index in [-0.39, 0.29) is 23.9 Å². The normalized spacial score (nSPS) is 12.4. The summed E-state index contributed by atoms with van der Waals surface area (Å²) in [6.07, 6.45) is 0.193. The number of aromatic nitrogens is 2. The first kappa shape index (κ1) is 25.4. The fraction of sp³-hybridized carbons (Fsp3) is 0.185. The van der Waals surface area contributed by atoms with Crippen LogP contribution in [0.25, 0.3) is 11.3 Å². The lowest BCUT2D eigenvalue weighted by atomic mass is 10.0. The van der Waals surface area contributed by atoms with Crippen LogP contribution >= 0.6 is 0 Å². The van der Waals surface area contributed by atoms with Crippen molar-refractivity contribution in [2.24, 2.45) is 5.92 Å². The number of carbonyl (C=O) groups excluding carboxylic acids is 1. The summed E-state index contributed by atoms with van der Waals surface area (Å²) in [4.78, 5) is 28.1. The summed E-state index contributed by atoms with van der Waals surface area (Å²) in [6, 6.07) is 21.3. The Kier molecular flexibility index (Phi) is 8.09. The Bertz CT molecular complexity index is 1330. The van der Waals surface area contributed by atoms with Crippen LogP contribution in [0.15, 0.2) is 83.5 Å². The van der Waals surface area contributed by atoms with Crippen LogP contribution in [0.3, 0.4) is 0 Å². The van der Waals surface area contributed by atoms with Gasteiger partial charge in [0.2, 0.25) is 5.88 Å². The number of hydrogen-bond donors (Lipinski definition) is 2. The second-order valence-corrected chi connectivity index (χ2v) is 8.18. The number of ether oxygens (including phenoxy) is 2. The lowest BCUT2D eigenvalue weighted by Gasteiger charge is -2.14. The number of anilines is 1. The van der Waals surface area contributed by atoms with Crippen LogP contribution in [0.2, 0.25) is 0 Å². The van der Waals surface area contributed by atoms with Gasteiger partial charge in [-0.3, -0.25) is 10.1 Å². The molecule has 2 aromatic heterocycles. The monoisotopic (exact) mass is 505 g/mol. The van der Waals surface area contributed by atoms with Crippen molar-refractivity contribution >= 4 is 17.7 Å². The standard InChI is InChI=1S/C27H24FN3O6/c1-17(19-10-6-3-7-11-19)36-27(34)30-23-24(37-31-25(23)28)20-12-13-22(29-15-20)35-16-21(26(32)33)14-18-8-4-2-5-9-18/h2-13,15,17,21H,14,16H2,1H3,(H,30,34)(H,32,33). The molecule has 0 radical (unpaired) electrons. The molecule has 190 valence electrons. The molecule has 4 rings (SSSR count). The summed E-state index contributed by atoms with van der Waals surface area (Å²) in [5, 5.41) is 15.1. The number of rotatable bonds is 10. The number of aliphatic carboxylic acids is 1. The lowest BCUT2D eigenvalue weighted by molar-refractivity contribution is -0.142. The minimum absolute atomic E-state index is 0.0617. The van der Waals surface area contributed by atoms with Gasteiger partial charge in [-0.05, 0) is 35.7 Å². The molecule has 4 aromatic rings. The van der Waals surface area contributed by atoms with E-state index in [0.29, 0.717) is 12.0 Å². The van der Waals surface area contributed by atoms with E-state index < -0.39 is 30.0 Å². The number of benzene rings is 2. The first-order valence-corrected chi connectivity index (χ1v) is 11.4. The molecule has 0 saturated heterocycles. The first-order chi connectivity index (χ1) is 17.9. The van der Waals surface area contributed by atoms with Crippen molar-refractivity contribution in [3.05, 3.63) is 96.1 Å². The smallest absolute Gasteiger partial charge is 0.412 e. The maximum absolute atomic E-state index is 14.3. The highest BCUT2D eigenvalue weighted by atomic mass is 19.1. The molecule has 2 atom stereocenters. The van der Waals surface area contributed by atoms with E-state index in [2.05, 4.69) is 15.5 Å². The van der Waals surface area contributed by atoms with Crippen LogP contribution in [0, 0.1) is 11.9 Å². The van der Waals surface area contributed by atoms with Crippen molar-refractivity contribution in [1.29, 1.82) is 0 Å². The van der Waals surface area contributed by atoms with Gasteiger partial charge in [-0.15, -0.1) is 0 Å². The van der Waals surface area contributed by atoms with Gasteiger partial charge in [0, 0.05) is 17.8 Å². The number of hydrogen-bond acceptors (Lipinski definition) is 7. The minimum atomic E-state index is -1.02. The van der Waals surface area contributed by atoms with Gasteiger partial charge < -0.3 is 19.1 Å². The number of carbonyl (C=O) groups is 2. The van der Waals surface area contributed by atoms with E-state index in [1.165, 1.54) is 18.3 Å². The average Bonchev–Trinajstić information content (AvgIpc) is 3.27. The molecule has 0 aliphatic rings. The average molecular weight is 506 g/mol. The lowest BCUT2D eigenvalue weighted by Crippen LogP contribution is -2.24. The zero-order valence-electron chi connectivity index (χ0n) is 19.8. The summed E-state index contributed by atoms with van der Waals surface area (Å²) in [5.41, 5.74) is 1.67. The maximum Gasteiger partial charge on any atom is 0.412 e. The number of nitrogens with zero attached hydrogens (tertiary/aromatic N) is 2. The molecule has 0 bridgehead atoms. The quantitative estimate of drug-likeness (QED) is 0.289. The Morgan fingerprint density at radius 2 is 1.76 bits per heavy atom. The Morgan fingerprint density at radius 1 is 1.05 bits per heavy atom. The van der Waals surface area contributed by atoms with Crippen LogP contribution in [0.5, 0.6) is 5.88 Å². The number of carboxylic acid groups (broad SMARTS) is 1. The van der Waals surface area contributed by atoms with Crippen molar-refractivity contribution < 1.29 is 33.1 Å². The van der Waals surface area contributed by atoms with Crippen LogP contribution in [-0.2, 0) is 16.0 Å². The highest BCUT2D eigenvalue weighted by Gasteiger charge is 2.23. The molecule has 2 N–H and O–H groups in total. The number of nitrogens with one attached hydrogen (secondary N) is 1. The molecule has 0 fully saturated rings. The molecular weight excluding hydrogens is 481 g/mol. The van der Waals surface area contributed by atoms with Gasteiger partial charge in [0.05, 0.1) is 5.92 Å². The van der Waals surface area contributed by atoms with Crippen LogP contribution in [0.1, 0.15) is 24.2 Å². The molecule has 2 heterocycles. The van der Waals surface area contributed by atoms with Gasteiger partial charge in [-0.1, -0.05) is 60.7 Å². The molecule has 1 amide bonds. The van der Waals surface area contributed by atoms with E-state index in [0.717, 1.165) is 11.1 Å². The number of carboxylic acids is 1. The molecule has 37 heavy (non-hydrogen) atoms. The largest absolute Gasteiger partial charge is 0.481 e. The number of pyridine rings is 1. The highest BCUT2D eigenvalue weighted by molar-refractivity contribution is 5.89. The maximum atomic E-state index is 14.3. The molecule has 10 heteroatoms. The second kappa shape index (κ2) is 11.8. The first-order valence-electron chi connectivity index (χ1n) is 11.4. The van der Waals surface area contributed by atoms with Gasteiger partial charge in [0.15, 0.2) is 5.76 Å². The third-order valence-electron chi connectivity index (χ3n) is 5.54. The summed E-state index contributed by atoms with van der Waals surface area (Å²) in [6.45, 7) is 1.60. The van der Waals surface area contributed by atoms with E-state index in [4.69, 9.17) is 14.0 Å². The fourth-order valence-electron chi connectivity index (χ4n) is 3.56. The third-order valence-corrected chi connectivity index (χ3v) is 5.54. The van der Waals surface area contributed by atoms with Crippen molar-refractivity contribution in [2.45, 2.75) is 19.4 Å². The molecule has 2 aromatic carbocycles. The van der Waals surface area contributed by atoms with E-state index in [9.17, 15) is 19.1 Å². The molecule has 0 saturated carbocycles. The molecule has 2 unspecified atom stereocenters. The van der Waals surface area contributed by atoms with Crippen LogP contribution < -0.4 is 10.1 Å². The number of amides is 1. The van der Waals surface area contributed by atoms with Gasteiger partial charge >= 0.3 is 12.1 Å². The summed E-state index contributed by atoms with van der Waals surface area (Å²) in [5.74, 6) is -2.67. The van der Waals surface area contributed by atoms with E-state index >= 15 is 0 Å². The molecule has 0 aliphatic carbocycles. The van der Waals surface area contributed by atoms with Gasteiger partial charge in [0.1, 0.15) is 18.4 Å². The summed E-state index contributed by atoms with van der Waals surface area (Å²) < 4.78 is 30.2. The second-order valence-electron chi connectivity index (χ2n) is 8.18. The molecule has 0 spiro atoms. The Hall–Kier alpha value is -4.73. The predicted molar refractivity (Wildman–Crippen MR) is 131 cm³/mol. The van der Waals surface area contributed by atoms with Crippen molar-refractivity contribution in [1.82, 2.24) is 10.1 Å². The number of halogens is 1. The predicted octanol–water partition coefficient (Wildman–Crippen LogP) is 5.51. The van der Waals surface area contributed by atoms with Crippen molar-refractivity contribution in [2.75, 3.05) is 11.9 Å². The molecular formula is C27H24FN3O6. The summed E-state index contributed by atoms with van der Waals surface area (Å²) >= 11 is 0. The van der Waals surface area contributed by atoms with Crippen molar-refractivity contribution in [3.63, 3.8) is 0 Å². The van der Waals surface area contributed by atoms with Crippen molar-refractivity contribution in [3.8, 4) is 17.2 Å². The van der Waals surface area contributed by atoms with E-state index in [1.807, 2.05) is 48.5 Å². The molecule has 9 nitrogen and oxygen atoms in total. The Balaban J connectivity index is 1.39. The zero-order valence-corrected chi connectivity index (χ0v) is 19.8. The summed E-state index contributed by atoms with van der Waals surface area (Å²) in [7, 11) is 0. The van der Waals surface area contributed by atoms with Crippen LogP contribution in [-0.4, -0.2) is 33.9 Å². The topological polar surface area (TPSA) is 124 Å². The Morgan fingerprint density at radius 3 is 2.41 bits per heavy atom. The Labute approximate surface area is 211 Å². The zero-order chi connectivity index (χ0) is 26.2. The fourth-order valence-corrected chi connectivity index (χ4v) is 3.56. The van der Waals surface area contributed by atoms with Gasteiger partial charge in [0.25, 0.3) is 5.95 Å². The van der Waals surface area contributed by atoms with E-state index in [1.54, 1.807) is 19.1 Å².